The van der Waals surface area contributed by atoms with Crippen molar-refractivity contribution < 1.29 is 4.42 Å². The SMILES string of the molecule is CC1(C)CCC(C)(C)c2cc3c(cc21)c1cc2c4c5ccccc5ccc4n(-c4ccc(-c5cccc6oc7ccccc7c56)cc4)c2cc1n3-c1ccccc1. The summed E-state index contributed by atoms with van der Waals surface area (Å²) in [5, 5.41) is 10.0. The molecule has 0 unspecified atom stereocenters. The molecule has 0 saturated heterocycles. The Bertz CT molecular complexity index is 3440. The summed E-state index contributed by atoms with van der Waals surface area (Å²) >= 11 is 0. The van der Waals surface area contributed by atoms with Gasteiger partial charge in [0.15, 0.2) is 0 Å². The van der Waals surface area contributed by atoms with Gasteiger partial charge in [0.25, 0.3) is 0 Å². The number of aromatic nitrogens is 2. The topological polar surface area (TPSA) is 23.0 Å². The Labute approximate surface area is 331 Å². The molecule has 0 radical (unpaired) electrons. The number of furan rings is 1. The van der Waals surface area contributed by atoms with E-state index in [0.29, 0.717) is 0 Å². The van der Waals surface area contributed by atoms with Crippen LogP contribution in [0.1, 0.15) is 51.7 Å². The highest BCUT2D eigenvalue weighted by atomic mass is 16.3. The minimum Gasteiger partial charge on any atom is -0.456 e. The molecule has 3 aromatic heterocycles. The molecule has 0 saturated carbocycles. The number of rotatable bonds is 3. The van der Waals surface area contributed by atoms with Crippen molar-refractivity contribution in [2.75, 3.05) is 0 Å². The van der Waals surface area contributed by atoms with Crippen LogP contribution >= 0.6 is 0 Å². The minimum atomic E-state index is 0.107. The van der Waals surface area contributed by atoms with Crippen molar-refractivity contribution in [3.05, 3.63) is 169 Å². The number of nitrogens with zero attached hydrogens (tertiary/aromatic N) is 2. The number of para-hydroxylation sites is 2. The lowest BCUT2D eigenvalue weighted by Gasteiger charge is -2.42. The van der Waals surface area contributed by atoms with Crippen LogP contribution in [0.4, 0.5) is 0 Å². The fraction of sp³-hybridized carbons (Fsp3) is 0.148. The zero-order chi connectivity index (χ0) is 38.2. The molecule has 3 nitrogen and oxygen atoms in total. The van der Waals surface area contributed by atoms with Crippen LogP contribution in [-0.2, 0) is 10.8 Å². The quantitative estimate of drug-likeness (QED) is 0.177. The maximum absolute atomic E-state index is 6.27. The summed E-state index contributed by atoms with van der Waals surface area (Å²) in [6, 6.07) is 58.3. The van der Waals surface area contributed by atoms with Crippen molar-refractivity contribution in [1.29, 1.82) is 0 Å². The number of benzene rings is 8. The maximum atomic E-state index is 6.27. The molecule has 1 aliphatic carbocycles. The lowest BCUT2D eigenvalue weighted by molar-refractivity contribution is 0.332. The zero-order valence-electron chi connectivity index (χ0n) is 32.7. The standard InChI is InChI=1S/C54H42N2O/c1-53(2)27-28-54(3,4)44-31-46-41(30-43(44)53)40-29-42-48(32-47(40)56(46)35-14-6-5-7-15-35)55(45-26-23-33-13-8-9-16-37(33)51(42)45)36-24-21-34(22-25-36)38-18-12-20-50-52(38)39-17-10-11-19-49(39)57-50/h5-26,29-32H,27-28H2,1-4H3. The molecule has 0 N–H and O–H groups in total. The predicted molar refractivity (Wildman–Crippen MR) is 241 cm³/mol. The van der Waals surface area contributed by atoms with Crippen LogP contribution in [0.25, 0.3) is 98.8 Å². The van der Waals surface area contributed by atoms with E-state index in [2.05, 4.69) is 188 Å². The molecule has 57 heavy (non-hydrogen) atoms. The van der Waals surface area contributed by atoms with Crippen molar-refractivity contribution in [3.63, 3.8) is 0 Å². The lowest BCUT2D eigenvalue weighted by atomic mass is 9.63. The van der Waals surface area contributed by atoms with Crippen molar-refractivity contribution >= 4 is 76.3 Å². The van der Waals surface area contributed by atoms with E-state index in [1.165, 1.54) is 95.2 Å². The molecule has 8 aromatic carbocycles. The second-order valence-electron chi connectivity index (χ2n) is 17.6. The highest BCUT2D eigenvalue weighted by molar-refractivity contribution is 6.25. The number of fused-ring (bicyclic) bond motifs is 12. The van der Waals surface area contributed by atoms with Gasteiger partial charge in [0.1, 0.15) is 11.2 Å². The Morgan fingerprint density at radius 1 is 0.421 bits per heavy atom. The average Bonchev–Trinajstić information content (AvgIpc) is 3.89. The third kappa shape index (κ3) is 4.60. The summed E-state index contributed by atoms with van der Waals surface area (Å²) in [6.07, 6.45) is 2.37. The highest BCUT2D eigenvalue weighted by Gasteiger charge is 2.38. The third-order valence-electron chi connectivity index (χ3n) is 13.4. The molecule has 0 amide bonds. The summed E-state index contributed by atoms with van der Waals surface area (Å²) in [5.41, 5.74) is 14.6. The molecule has 0 bridgehead atoms. The monoisotopic (exact) mass is 734 g/mol. The van der Waals surface area contributed by atoms with Gasteiger partial charge in [-0.2, -0.15) is 0 Å². The van der Waals surface area contributed by atoms with E-state index in [1.807, 2.05) is 6.07 Å². The Balaban J connectivity index is 1.17. The van der Waals surface area contributed by atoms with E-state index >= 15 is 0 Å². The molecule has 0 fully saturated rings. The van der Waals surface area contributed by atoms with Crippen molar-refractivity contribution in [1.82, 2.24) is 9.13 Å². The van der Waals surface area contributed by atoms with Gasteiger partial charge >= 0.3 is 0 Å². The van der Waals surface area contributed by atoms with Crippen LogP contribution in [0.2, 0.25) is 0 Å². The molecule has 1 aliphatic rings. The van der Waals surface area contributed by atoms with Crippen molar-refractivity contribution in [2.24, 2.45) is 0 Å². The van der Waals surface area contributed by atoms with Gasteiger partial charge in [-0.05, 0) is 123 Å². The van der Waals surface area contributed by atoms with Gasteiger partial charge in [0, 0.05) is 43.7 Å². The molecule has 0 aliphatic heterocycles. The molecule has 11 aromatic rings. The fourth-order valence-electron chi connectivity index (χ4n) is 10.3. The fourth-order valence-corrected chi connectivity index (χ4v) is 10.3. The molecule has 0 atom stereocenters. The molecule has 0 spiro atoms. The van der Waals surface area contributed by atoms with E-state index in [1.54, 1.807) is 0 Å². The largest absolute Gasteiger partial charge is 0.456 e. The van der Waals surface area contributed by atoms with Crippen LogP contribution in [0.3, 0.4) is 0 Å². The highest BCUT2D eigenvalue weighted by Crippen LogP contribution is 2.50. The molecular weight excluding hydrogens is 693 g/mol. The number of hydrogen-bond acceptors (Lipinski definition) is 1. The van der Waals surface area contributed by atoms with Crippen LogP contribution in [0.5, 0.6) is 0 Å². The first-order valence-electron chi connectivity index (χ1n) is 20.3. The number of hydrogen-bond donors (Lipinski definition) is 0. The minimum absolute atomic E-state index is 0.107. The van der Waals surface area contributed by atoms with Crippen LogP contribution < -0.4 is 0 Å². The Morgan fingerprint density at radius 3 is 1.84 bits per heavy atom. The Hall–Kier alpha value is -6.58. The van der Waals surface area contributed by atoms with Crippen molar-refractivity contribution in [3.8, 4) is 22.5 Å². The van der Waals surface area contributed by atoms with Gasteiger partial charge in [0.2, 0.25) is 0 Å². The Morgan fingerprint density at radius 2 is 1.04 bits per heavy atom. The zero-order valence-corrected chi connectivity index (χ0v) is 32.7. The van der Waals surface area contributed by atoms with E-state index in [-0.39, 0.29) is 10.8 Å². The summed E-state index contributed by atoms with van der Waals surface area (Å²) in [7, 11) is 0. The van der Waals surface area contributed by atoms with Gasteiger partial charge in [0.05, 0.1) is 22.1 Å². The smallest absolute Gasteiger partial charge is 0.136 e. The van der Waals surface area contributed by atoms with E-state index in [4.69, 9.17) is 4.42 Å². The molecule has 274 valence electrons. The third-order valence-corrected chi connectivity index (χ3v) is 13.4. The second-order valence-corrected chi connectivity index (χ2v) is 17.6. The lowest BCUT2D eigenvalue weighted by Crippen LogP contribution is -2.33. The average molecular weight is 735 g/mol. The molecule has 3 heterocycles. The van der Waals surface area contributed by atoms with Gasteiger partial charge in [-0.3, -0.25) is 0 Å². The molecule has 12 rings (SSSR count). The van der Waals surface area contributed by atoms with Crippen LogP contribution in [0, 0.1) is 0 Å². The summed E-state index contributed by atoms with van der Waals surface area (Å²) in [5.74, 6) is 0. The van der Waals surface area contributed by atoms with E-state index in [9.17, 15) is 0 Å². The first kappa shape index (κ1) is 32.6. The summed E-state index contributed by atoms with van der Waals surface area (Å²) in [4.78, 5) is 0. The molecule has 3 heteroatoms. The van der Waals surface area contributed by atoms with Gasteiger partial charge < -0.3 is 13.6 Å². The first-order chi connectivity index (χ1) is 27.7. The molecular formula is C54H42N2O. The van der Waals surface area contributed by atoms with Gasteiger partial charge in [-0.25, -0.2) is 0 Å². The normalized spacial score (nSPS) is 15.2. The Kier molecular flexibility index (Phi) is 6.58. The summed E-state index contributed by atoms with van der Waals surface area (Å²) < 4.78 is 11.3. The van der Waals surface area contributed by atoms with Gasteiger partial charge in [-0.1, -0.05) is 119 Å². The first-order valence-corrected chi connectivity index (χ1v) is 20.3. The summed E-state index contributed by atoms with van der Waals surface area (Å²) in [6.45, 7) is 9.73. The van der Waals surface area contributed by atoms with Crippen LogP contribution in [0.15, 0.2) is 162 Å². The van der Waals surface area contributed by atoms with E-state index in [0.717, 1.165) is 27.6 Å². The predicted octanol–water partition coefficient (Wildman–Crippen LogP) is 14.9. The van der Waals surface area contributed by atoms with Gasteiger partial charge in [-0.15, -0.1) is 0 Å². The second kappa shape index (κ2) is 11.5. The maximum Gasteiger partial charge on any atom is 0.136 e. The van der Waals surface area contributed by atoms with Crippen LogP contribution in [-0.4, -0.2) is 9.13 Å². The van der Waals surface area contributed by atoms with E-state index < -0.39 is 0 Å². The van der Waals surface area contributed by atoms with Crippen molar-refractivity contribution in [2.45, 2.75) is 51.4 Å².